The summed E-state index contributed by atoms with van der Waals surface area (Å²) in [5, 5.41) is 12.5. The zero-order valence-corrected chi connectivity index (χ0v) is 17.5. The molecule has 2 N–H and O–H groups in total. The van der Waals surface area contributed by atoms with E-state index in [2.05, 4.69) is 22.2 Å². The van der Waals surface area contributed by atoms with Gasteiger partial charge in [0, 0.05) is 11.3 Å². The van der Waals surface area contributed by atoms with Gasteiger partial charge < -0.3 is 10.3 Å². The molecule has 2 aromatic carbocycles. The fraction of sp³-hybridized carbons (Fsp3) is 0.217. The van der Waals surface area contributed by atoms with Crippen LogP contribution in [0.5, 0.6) is 0 Å². The van der Waals surface area contributed by atoms with E-state index >= 15 is 0 Å². The molecular formula is C23H22N4O2S. The molecule has 0 unspecified atom stereocenters. The van der Waals surface area contributed by atoms with Gasteiger partial charge in [0.15, 0.2) is 5.16 Å². The summed E-state index contributed by atoms with van der Waals surface area (Å²) in [6, 6.07) is 18.8. The van der Waals surface area contributed by atoms with Crippen molar-refractivity contribution in [2.24, 2.45) is 0 Å². The Labute approximate surface area is 179 Å². The molecule has 152 valence electrons. The second kappa shape index (κ2) is 10.4. The number of nitrogens with zero attached hydrogens (tertiary/aromatic N) is 2. The molecule has 0 atom stereocenters. The van der Waals surface area contributed by atoms with Crippen LogP contribution in [0.1, 0.15) is 30.9 Å². The highest BCUT2D eigenvalue weighted by Crippen LogP contribution is 2.22. The van der Waals surface area contributed by atoms with Gasteiger partial charge in [-0.25, -0.2) is 4.98 Å². The van der Waals surface area contributed by atoms with Gasteiger partial charge in [-0.3, -0.25) is 9.59 Å². The number of aryl methyl sites for hydroxylation is 1. The largest absolute Gasteiger partial charge is 0.325 e. The maximum atomic E-state index is 12.3. The number of carbonyl (C=O) groups excluding carboxylic acids is 1. The number of H-pyrrole nitrogens is 1. The monoisotopic (exact) mass is 418 g/mol. The first-order valence-corrected chi connectivity index (χ1v) is 10.7. The van der Waals surface area contributed by atoms with E-state index in [1.165, 1.54) is 5.56 Å². The number of aromatic nitrogens is 2. The van der Waals surface area contributed by atoms with E-state index in [1.807, 2.05) is 48.5 Å². The lowest BCUT2D eigenvalue weighted by Gasteiger charge is -2.08. The smallest absolute Gasteiger partial charge is 0.270 e. The van der Waals surface area contributed by atoms with Crippen LogP contribution in [0, 0.1) is 11.3 Å². The topological polar surface area (TPSA) is 98.6 Å². The highest BCUT2D eigenvalue weighted by Gasteiger charge is 2.14. The number of carbonyl (C=O) groups is 1. The summed E-state index contributed by atoms with van der Waals surface area (Å²) in [6.45, 7) is 2.16. The first kappa shape index (κ1) is 21.3. The van der Waals surface area contributed by atoms with E-state index in [-0.39, 0.29) is 17.2 Å². The molecule has 0 spiro atoms. The van der Waals surface area contributed by atoms with Crippen LogP contribution in [0.3, 0.4) is 0 Å². The van der Waals surface area contributed by atoms with Crippen LogP contribution < -0.4 is 10.9 Å². The van der Waals surface area contributed by atoms with Crippen LogP contribution in [0.15, 0.2) is 64.5 Å². The van der Waals surface area contributed by atoms with Crippen molar-refractivity contribution in [2.75, 3.05) is 11.1 Å². The predicted octanol–water partition coefficient (Wildman–Crippen LogP) is 4.38. The lowest BCUT2D eigenvalue weighted by atomic mass is 10.1. The minimum atomic E-state index is -0.517. The van der Waals surface area contributed by atoms with Gasteiger partial charge in [-0.15, -0.1) is 0 Å². The number of rotatable bonds is 8. The number of aromatic amines is 1. The summed E-state index contributed by atoms with van der Waals surface area (Å²) in [6.07, 6.45) is 3.32. The Kier molecular flexibility index (Phi) is 7.41. The molecule has 3 aromatic rings. The lowest BCUT2D eigenvalue weighted by molar-refractivity contribution is -0.113. The number of anilines is 1. The summed E-state index contributed by atoms with van der Waals surface area (Å²) in [5.74, 6) is -0.115. The van der Waals surface area contributed by atoms with Crippen molar-refractivity contribution in [3.8, 4) is 17.3 Å². The molecule has 0 fully saturated rings. The Hall–Kier alpha value is -3.37. The van der Waals surface area contributed by atoms with Gasteiger partial charge in [-0.05, 0) is 30.5 Å². The Morgan fingerprint density at radius 1 is 1.17 bits per heavy atom. The normalized spacial score (nSPS) is 10.4. The average Bonchev–Trinajstić information content (AvgIpc) is 2.77. The van der Waals surface area contributed by atoms with E-state index in [0.29, 0.717) is 16.4 Å². The van der Waals surface area contributed by atoms with Crippen molar-refractivity contribution in [2.45, 2.75) is 31.3 Å². The second-order valence-electron chi connectivity index (χ2n) is 6.71. The zero-order chi connectivity index (χ0) is 21.3. The molecule has 30 heavy (non-hydrogen) atoms. The third-order valence-electron chi connectivity index (χ3n) is 4.45. The molecule has 0 aliphatic rings. The van der Waals surface area contributed by atoms with Gasteiger partial charge in [-0.2, -0.15) is 5.26 Å². The van der Waals surface area contributed by atoms with Crippen LogP contribution in [0.4, 0.5) is 5.69 Å². The molecule has 7 heteroatoms. The van der Waals surface area contributed by atoms with E-state index in [1.54, 1.807) is 12.1 Å². The number of nitriles is 1. The minimum Gasteiger partial charge on any atom is -0.325 e. The molecule has 0 radical (unpaired) electrons. The Bertz CT molecular complexity index is 1100. The maximum Gasteiger partial charge on any atom is 0.270 e. The van der Waals surface area contributed by atoms with Gasteiger partial charge in [-0.1, -0.05) is 67.6 Å². The number of unbranched alkanes of at least 4 members (excludes halogenated alkanes) is 1. The second-order valence-corrected chi connectivity index (χ2v) is 7.67. The van der Waals surface area contributed by atoms with Crippen LogP contribution in [0.2, 0.25) is 0 Å². The SMILES string of the molecule is CCCCc1ccc(NC(=O)CSc2nc(-c3ccccc3)c(C#N)c(=O)[nH]2)cc1. The van der Waals surface area contributed by atoms with Crippen molar-refractivity contribution in [1.82, 2.24) is 9.97 Å². The molecule has 0 saturated heterocycles. The third-order valence-corrected chi connectivity index (χ3v) is 5.33. The van der Waals surface area contributed by atoms with Gasteiger partial charge in [0.25, 0.3) is 5.56 Å². The third kappa shape index (κ3) is 5.58. The highest BCUT2D eigenvalue weighted by molar-refractivity contribution is 7.99. The number of nitrogens with one attached hydrogen (secondary N) is 2. The first-order valence-electron chi connectivity index (χ1n) is 9.72. The molecule has 0 saturated carbocycles. The van der Waals surface area contributed by atoms with Crippen LogP contribution in [0.25, 0.3) is 11.3 Å². The summed E-state index contributed by atoms with van der Waals surface area (Å²) in [4.78, 5) is 31.6. The van der Waals surface area contributed by atoms with E-state index in [0.717, 1.165) is 36.7 Å². The molecule has 1 amide bonds. The Balaban J connectivity index is 1.67. The molecule has 3 rings (SSSR count). The zero-order valence-electron chi connectivity index (χ0n) is 16.6. The summed E-state index contributed by atoms with van der Waals surface area (Å²) in [5.41, 5.74) is 2.40. The number of benzene rings is 2. The maximum absolute atomic E-state index is 12.3. The molecule has 0 bridgehead atoms. The van der Waals surface area contributed by atoms with Gasteiger partial charge >= 0.3 is 0 Å². The van der Waals surface area contributed by atoms with Crippen molar-refractivity contribution in [3.63, 3.8) is 0 Å². The van der Waals surface area contributed by atoms with Crippen molar-refractivity contribution >= 4 is 23.4 Å². The van der Waals surface area contributed by atoms with Crippen LogP contribution >= 0.6 is 11.8 Å². The number of hydrogen-bond donors (Lipinski definition) is 2. The number of amides is 1. The summed E-state index contributed by atoms with van der Waals surface area (Å²) in [7, 11) is 0. The summed E-state index contributed by atoms with van der Waals surface area (Å²) < 4.78 is 0. The van der Waals surface area contributed by atoms with E-state index in [4.69, 9.17) is 0 Å². The van der Waals surface area contributed by atoms with Crippen LogP contribution in [-0.4, -0.2) is 21.6 Å². The molecule has 1 heterocycles. The fourth-order valence-corrected chi connectivity index (χ4v) is 3.56. The van der Waals surface area contributed by atoms with Gasteiger partial charge in [0.2, 0.25) is 5.91 Å². The predicted molar refractivity (Wildman–Crippen MR) is 119 cm³/mol. The van der Waals surface area contributed by atoms with E-state index in [9.17, 15) is 14.9 Å². The van der Waals surface area contributed by atoms with Crippen molar-refractivity contribution in [1.29, 1.82) is 5.26 Å². The fourth-order valence-electron chi connectivity index (χ4n) is 2.90. The Morgan fingerprint density at radius 3 is 2.57 bits per heavy atom. The standard InChI is InChI=1S/C23H22N4O2S/c1-2-3-7-16-10-12-18(13-11-16)25-20(28)15-30-23-26-21(17-8-5-4-6-9-17)19(14-24)22(29)27-23/h4-6,8-13H,2-3,7,15H2,1H3,(H,25,28)(H,26,27,29). The molecule has 0 aliphatic carbocycles. The quantitative estimate of drug-likeness (QED) is 0.418. The Morgan fingerprint density at radius 2 is 1.90 bits per heavy atom. The number of thioether (sulfide) groups is 1. The average molecular weight is 419 g/mol. The molecule has 1 aromatic heterocycles. The highest BCUT2D eigenvalue weighted by atomic mass is 32.2. The van der Waals surface area contributed by atoms with E-state index < -0.39 is 5.56 Å². The molecule has 0 aliphatic heterocycles. The van der Waals surface area contributed by atoms with Crippen molar-refractivity contribution in [3.05, 3.63) is 76.1 Å². The molecular weight excluding hydrogens is 396 g/mol. The molecule has 6 nitrogen and oxygen atoms in total. The van der Waals surface area contributed by atoms with Gasteiger partial charge in [0.1, 0.15) is 11.6 Å². The first-order chi connectivity index (χ1) is 14.6. The van der Waals surface area contributed by atoms with Crippen molar-refractivity contribution < 1.29 is 4.79 Å². The van der Waals surface area contributed by atoms with Crippen LogP contribution in [-0.2, 0) is 11.2 Å². The summed E-state index contributed by atoms with van der Waals surface area (Å²) >= 11 is 1.12. The number of hydrogen-bond acceptors (Lipinski definition) is 5. The lowest BCUT2D eigenvalue weighted by Crippen LogP contribution is -2.17. The minimum absolute atomic E-state index is 0.0434. The van der Waals surface area contributed by atoms with Gasteiger partial charge in [0.05, 0.1) is 11.4 Å².